The van der Waals surface area contributed by atoms with Crippen molar-refractivity contribution in [1.82, 2.24) is 0 Å². The van der Waals surface area contributed by atoms with Gasteiger partial charge in [0.05, 0.1) is 55.8 Å². The van der Waals surface area contributed by atoms with Crippen LogP contribution in [0.5, 0.6) is 0 Å². The summed E-state index contributed by atoms with van der Waals surface area (Å²) in [7, 11) is 0. The van der Waals surface area contributed by atoms with Crippen molar-refractivity contribution in [1.29, 1.82) is 0 Å². The number of ether oxygens (including phenoxy) is 8. The molecule has 7 aliphatic rings. The van der Waals surface area contributed by atoms with Gasteiger partial charge in [0.15, 0.2) is 31.1 Å². The van der Waals surface area contributed by atoms with Gasteiger partial charge in [0, 0.05) is 24.8 Å². The number of esters is 1. The molecule has 3 saturated carbocycles. The molecule has 4 heterocycles. The fourth-order valence-corrected chi connectivity index (χ4v) is 10.5. The first kappa shape index (κ1) is 52.2. The summed E-state index contributed by atoms with van der Waals surface area (Å²) in [6.07, 6.45) is -27.9. The first-order chi connectivity index (χ1) is 31.4. The van der Waals surface area contributed by atoms with E-state index in [4.69, 9.17) is 37.9 Å². The second kappa shape index (κ2) is 22.6. The van der Waals surface area contributed by atoms with Gasteiger partial charge < -0.3 is 114 Å². The molecule has 0 aromatic carbocycles. The van der Waals surface area contributed by atoms with Crippen LogP contribution in [-0.2, 0) is 38.0 Å². The number of aliphatic hydroxyl groups excluding tert-OH is 15. The van der Waals surface area contributed by atoms with Crippen molar-refractivity contribution in [2.24, 2.45) is 17.8 Å². The Morgan fingerprint density at radius 2 is 1.08 bits per heavy atom. The summed E-state index contributed by atoms with van der Waals surface area (Å²) >= 11 is 0. The fourth-order valence-electron chi connectivity index (χ4n) is 10.5. The van der Waals surface area contributed by atoms with E-state index in [9.17, 15) is 81.4 Å². The number of fused-ring (bicyclic) bond motifs is 1. The molecule has 4 aliphatic heterocycles. The molecule has 0 aromatic rings. The lowest BCUT2D eigenvalue weighted by Crippen LogP contribution is -2.64. The van der Waals surface area contributed by atoms with Crippen LogP contribution in [0.15, 0.2) is 12.2 Å². The Kier molecular flexibility index (Phi) is 17.9. The highest BCUT2D eigenvalue weighted by Gasteiger charge is 2.57. The highest BCUT2D eigenvalue weighted by Crippen LogP contribution is 2.44. The Bertz CT molecular complexity index is 1580. The van der Waals surface area contributed by atoms with Gasteiger partial charge in [0.2, 0.25) is 0 Å². The zero-order valence-corrected chi connectivity index (χ0v) is 36.1. The molecule has 16 N–H and O–H groups in total. The van der Waals surface area contributed by atoms with Gasteiger partial charge >= 0.3 is 5.97 Å². The first-order valence-electron chi connectivity index (χ1n) is 22.9. The van der Waals surface area contributed by atoms with E-state index in [1.165, 1.54) is 0 Å². The second-order valence-electron chi connectivity index (χ2n) is 19.0. The Hall–Kier alpha value is -1.67. The summed E-state index contributed by atoms with van der Waals surface area (Å²) in [5.74, 6) is -2.06. The molecule has 66 heavy (non-hydrogen) atoms. The average Bonchev–Trinajstić information content (AvgIpc) is 3.30. The Labute approximate surface area is 379 Å². The van der Waals surface area contributed by atoms with Crippen LogP contribution in [-0.4, -0.2) is 254 Å². The molecule has 0 radical (unpaired) electrons. The molecule has 0 aromatic heterocycles. The van der Waals surface area contributed by atoms with Crippen LogP contribution in [0, 0.1) is 17.8 Å². The quantitative estimate of drug-likeness (QED) is 0.0463. The van der Waals surface area contributed by atoms with E-state index in [1.54, 1.807) is 6.08 Å². The van der Waals surface area contributed by atoms with E-state index >= 15 is 0 Å². The normalized spacial score (nSPS) is 51.6. The largest absolute Gasteiger partial charge is 0.460 e. The first-order valence-corrected chi connectivity index (χ1v) is 22.9. The van der Waals surface area contributed by atoms with Crippen LogP contribution >= 0.6 is 0 Å². The maximum absolute atomic E-state index is 12.6. The van der Waals surface area contributed by atoms with E-state index in [-0.39, 0.29) is 44.4 Å². The minimum absolute atomic E-state index is 0.0265. The van der Waals surface area contributed by atoms with Gasteiger partial charge in [-0.1, -0.05) is 6.08 Å². The topological polar surface area (TPSA) is 398 Å². The van der Waals surface area contributed by atoms with Gasteiger partial charge in [0.25, 0.3) is 0 Å². The van der Waals surface area contributed by atoms with Gasteiger partial charge in [0.1, 0.15) is 86.0 Å². The highest BCUT2D eigenvalue weighted by molar-refractivity contribution is 5.81. The third kappa shape index (κ3) is 11.6. The lowest BCUT2D eigenvalue weighted by molar-refractivity contribution is -0.364. The molecule has 0 bridgehead atoms. The summed E-state index contributed by atoms with van der Waals surface area (Å²) in [6, 6.07) is 0. The Balaban J connectivity index is 1.03. The minimum atomic E-state index is -1.79. The SMILES string of the molecule is O=C(C=CC1CCC(O)C(O)C1)OC[C@H]1O[C@@H](OC2CC(O)C3CC(O[C@@H]4O[C@H](CO)[C@@H](O)[C@H](O)[C@H]4O)C(C4CCC(O)C(O[C@@H]5O[C@H](CO)[C@@H](O)[C@H](O)[C@H]5O)C4)[OH+]C3C2)[C@H](O)[C@@H](O)[C@@H]1O. The molecular formula is C42H69O24+. The number of carbonyl (C=O) groups excluding carboxylic acids is 1. The fraction of sp³-hybridized carbons (Fsp3) is 0.929. The maximum Gasteiger partial charge on any atom is 0.330 e. The van der Waals surface area contributed by atoms with E-state index < -0.39 is 185 Å². The third-order valence-electron chi connectivity index (χ3n) is 14.6. The van der Waals surface area contributed by atoms with Crippen molar-refractivity contribution in [2.45, 2.75) is 205 Å². The van der Waals surface area contributed by atoms with E-state index in [0.717, 1.165) is 6.08 Å². The molecule has 7 fully saturated rings. The number of carbonyl (C=O) groups is 1. The molecular weight excluding hydrogens is 888 g/mol. The zero-order chi connectivity index (χ0) is 47.7. The Morgan fingerprint density at radius 3 is 1.67 bits per heavy atom. The van der Waals surface area contributed by atoms with Crippen LogP contribution < -0.4 is 0 Å². The van der Waals surface area contributed by atoms with Crippen molar-refractivity contribution in [3.05, 3.63) is 12.2 Å². The smallest absolute Gasteiger partial charge is 0.330 e. The highest BCUT2D eigenvalue weighted by atomic mass is 16.7. The lowest BCUT2D eigenvalue weighted by Gasteiger charge is -2.49. The van der Waals surface area contributed by atoms with Gasteiger partial charge in [-0.25, -0.2) is 4.79 Å². The van der Waals surface area contributed by atoms with Crippen LogP contribution in [0.4, 0.5) is 0 Å². The molecule has 3 aliphatic carbocycles. The number of hydrogen-bond donors (Lipinski definition) is 15. The molecule has 12 unspecified atom stereocenters. The summed E-state index contributed by atoms with van der Waals surface area (Å²) < 4.78 is 45.9. The molecule has 7 rings (SSSR count). The maximum atomic E-state index is 12.6. The summed E-state index contributed by atoms with van der Waals surface area (Å²) in [5, 5.41) is 158. The minimum Gasteiger partial charge on any atom is -0.460 e. The predicted molar refractivity (Wildman–Crippen MR) is 215 cm³/mol. The van der Waals surface area contributed by atoms with Gasteiger partial charge in [-0.3, -0.25) is 0 Å². The lowest BCUT2D eigenvalue weighted by atomic mass is 9.72. The van der Waals surface area contributed by atoms with Crippen LogP contribution in [0.1, 0.15) is 57.8 Å². The number of rotatable bonds is 13. The van der Waals surface area contributed by atoms with Gasteiger partial charge in [-0.15, -0.1) is 0 Å². The van der Waals surface area contributed by atoms with Crippen molar-refractivity contribution in [3.63, 3.8) is 0 Å². The molecule has 380 valence electrons. The molecule has 27 atom stereocenters. The molecule has 0 spiro atoms. The average molecular weight is 958 g/mol. The van der Waals surface area contributed by atoms with E-state index in [2.05, 4.69) is 0 Å². The number of aliphatic hydroxyl groups is 17. The zero-order valence-electron chi connectivity index (χ0n) is 36.1. The van der Waals surface area contributed by atoms with E-state index in [0.29, 0.717) is 19.3 Å². The summed E-state index contributed by atoms with van der Waals surface area (Å²) in [5.41, 5.74) is 0. The summed E-state index contributed by atoms with van der Waals surface area (Å²) in [4.78, 5) is 12.6. The van der Waals surface area contributed by atoms with Crippen LogP contribution in [0.3, 0.4) is 0 Å². The molecule has 0 amide bonds. The second-order valence-corrected chi connectivity index (χ2v) is 19.0. The molecule has 4 saturated heterocycles. The van der Waals surface area contributed by atoms with Crippen molar-refractivity contribution < 1.29 is 119 Å². The molecule has 24 nitrogen and oxygen atoms in total. The summed E-state index contributed by atoms with van der Waals surface area (Å²) in [6.45, 7) is -1.96. The predicted octanol–water partition coefficient (Wildman–Crippen LogP) is -7.23. The van der Waals surface area contributed by atoms with E-state index in [1.807, 2.05) is 0 Å². The number of hydrogen-bond acceptors (Lipinski definition) is 23. The van der Waals surface area contributed by atoms with Crippen molar-refractivity contribution in [2.75, 3.05) is 19.8 Å². The Morgan fingerprint density at radius 1 is 0.530 bits per heavy atom. The number of allylic oxidation sites excluding steroid dienone is 1. The third-order valence-corrected chi connectivity index (χ3v) is 14.6. The standard InChI is InChI=1S/C42H68O24/c43-12-26-30(50)33(53)37(57)41(64-26)62-24-8-16(3-5-20(24)46)39-25(63-42-38(58)34(54)31(51)27(13-44)65-42)11-18-21(47)9-17(10-23(18)61-39)60-40-36(56)35(55)32(52)28(66-40)14-59-29(49)6-2-15-1-4-19(45)22(48)7-15/h2,6,15-28,30-48,50-58H,1,3-5,7-14H2/p+1/t15?,16?,17?,18?,19?,20?,21?,22?,23?,24?,25?,26-,27-,28-,30-,31-,32-,33+,34+,35+,36-,37-,38-,39?,40-,41-,42-/m1/s1. The molecule has 24 heteroatoms. The van der Waals surface area contributed by atoms with Crippen LogP contribution in [0.25, 0.3) is 0 Å². The van der Waals surface area contributed by atoms with Crippen molar-refractivity contribution >= 4 is 5.97 Å². The van der Waals surface area contributed by atoms with Gasteiger partial charge in [-0.2, -0.15) is 0 Å². The van der Waals surface area contributed by atoms with Crippen molar-refractivity contribution in [3.8, 4) is 0 Å². The monoisotopic (exact) mass is 957 g/mol. The van der Waals surface area contributed by atoms with Crippen LogP contribution in [0.2, 0.25) is 0 Å². The van der Waals surface area contributed by atoms with Gasteiger partial charge in [-0.05, 0) is 50.9 Å².